The molecule has 0 saturated heterocycles. The average Bonchev–Trinajstić information content (AvgIpc) is 3.25. The molecule has 0 aliphatic heterocycles. The molecule has 2 saturated carbocycles. The lowest BCUT2D eigenvalue weighted by atomic mass is 10.1. The summed E-state index contributed by atoms with van der Waals surface area (Å²) in [6.45, 7) is 2.24. The molecule has 19 heavy (non-hydrogen) atoms. The fourth-order valence-corrected chi connectivity index (χ4v) is 2.44. The monoisotopic (exact) mass is 258 g/mol. The molecule has 0 spiro atoms. The summed E-state index contributed by atoms with van der Waals surface area (Å²) in [5.74, 6) is 1.37. The second kappa shape index (κ2) is 5.24. The molecule has 2 aliphatic rings. The Labute approximate surface area is 114 Å². The summed E-state index contributed by atoms with van der Waals surface area (Å²) in [6, 6.07) is 8.58. The minimum atomic E-state index is 0.169. The topological polar surface area (TPSA) is 41.1 Å². The van der Waals surface area contributed by atoms with Gasteiger partial charge in [0.1, 0.15) is 0 Å². The second-order valence-corrected chi connectivity index (χ2v) is 6.07. The summed E-state index contributed by atoms with van der Waals surface area (Å²) in [5.41, 5.74) is 2.04. The summed E-state index contributed by atoms with van der Waals surface area (Å²) in [7, 11) is 0. The Hall–Kier alpha value is -1.51. The van der Waals surface area contributed by atoms with E-state index in [4.69, 9.17) is 0 Å². The van der Waals surface area contributed by atoms with Crippen LogP contribution in [-0.2, 0) is 4.79 Å². The minimum absolute atomic E-state index is 0.169. The van der Waals surface area contributed by atoms with E-state index in [-0.39, 0.29) is 11.8 Å². The van der Waals surface area contributed by atoms with E-state index < -0.39 is 0 Å². The zero-order valence-corrected chi connectivity index (χ0v) is 11.5. The lowest BCUT2D eigenvalue weighted by Crippen LogP contribution is -2.16. The molecule has 1 unspecified atom stereocenters. The Morgan fingerprint density at radius 1 is 1.16 bits per heavy atom. The van der Waals surface area contributed by atoms with Gasteiger partial charge in [0, 0.05) is 23.3 Å². The van der Waals surface area contributed by atoms with Gasteiger partial charge in [-0.25, -0.2) is 0 Å². The van der Waals surface area contributed by atoms with Crippen molar-refractivity contribution in [2.45, 2.75) is 45.1 Å². The van der Waals surface area contributed by atoms with E-state index in [9.17, 15) is 4.79 Å². The van der Waals surface area contributed by atoms with Gasteiger partial charge in [0.25, 0.3) is 0 Å². The molecule has 3 rings (SSSR count). The number of rotatable bonds is 6. The van der Waals surface area contributed by atoms with Crippen molar-refractivity contribution in [3.63, 3.8) is 0 Å². The first-order chi connectivity index (χ1) is 9.20. The summed E-state index contributed by atoms with van der Waals surface area (Å²) in [4.78, 5) is 11.6. The largest absolute Gasteiger partial charge is 0.383 e. The summed E-state index contributed by atoms with van der Waals surface area (Å²) in [6.07, 6.45) is 6.16. The van der Waals surface area contributed by atoms with Crippen molar-refractivity contribution >= 4 is 17.3 Å². The minimum Gasteiger partial charge on any atom is -0.383 e. The van der Waals surface area contributed by atoms with Crippen LogP contribution in [0.15, 0.2) is 24.3 Å². The van der Waals surface area contributed by atoms with Gasteiger partial charge < -0.3 is 10.6 Å². The molecule has 2 aliphatic carbocycles. The van der Waals surface area contributed by atoms with Gasteiger partial charge in [-0.2, -0.15) is 0 Å². The number of nitrogens with one attached hydrogen (secondary N) is 2. The van der Waals surface area contributed by atoms with Gasteiger partial charge in [-0.05, 0) is 56.4 Å². The van der Waals surface area contributed by atoms with E-state index in [0.29, 0.717) is 6.04 Å². The van der Waals surface area contributed by atoms with Crippen LogP contribution in [-0.4, -0.2) is 11.9 Å². The van der Waals surface area contributed by atoms with Crippen LogP contribution in [0.5, 0.6) is 0 Å². The number of amides is 1. The number of hydrogen-bond acceptors (Lipinski definition) is 2. The molecular formula is C16H22N2O. The molecule has 0 heterocycles. The quantitative estimate of drug-likeness (QED) is 0.818. The lowest BCUT2D eigenvalue weighted by Gasteiger charge is -2.15. The predicted molar refractivity (Wildman–Crippen MR) is 78.2 cm³/mol. The zero-order valence-electron chi connectivity index (χ0n) is 11.5. The normalized spacial score (nSPS) is 19.8. The maximum atomic E-state index is 11.6. The first-order valence-electron chi connectivity index (χ1n) is 7.38. The van der Waals surface area contributed by atoms with E-state index in [1.807, 2.05) is 24.3 Å². The number of anilines is 2. The van der Waals surface area contributed by atoms with Crippen LogP contribution in [0.4, 0.5) is 11.4 Å². The number of carbonyl (C=O) groups is 1. The van der Waals surface area contributed by atoms with E-state index >= 15 is 0 Å². The highest BCUT2D eigenvalue weighted by molar-refractivity contribution is 5.94. The van der Waals surface area contributed by atoms with Crippen LogP contribution in [0.25, 0.3) is 0 Å². The molecule has 2 N–H and O–H groups in total. The number of benzene rings is 1. The molecule has 102 valence electrons. The molecule has 1 atom stereocenters. The number of carbonyl (C=O) groups excluding carboxylic acids is 1. The highest BCUT2D eigenvalue weighted by Crippen LogP contribution is 2.34. The van der Waals surface area contributed by atoms with Crippen LogP contribution in [0, 0.1) is 11.8 Å². The van der Waals surface area contributed by atoms with Crippen LogP contribution >= 0.6 is 0 Å². The van der Waals surface area contributed by atoms with Gasteiger partial charge in [0.2, 0.25) is 5.91 Å². The van der Waals surface area contributed by atoms with Crippen LogP contribution < -0.4 is 10.6 Å². The molecule has 0 radical (unpaired) electrons. The Morgan fingerprint density at radius 2 is 1.79 bits per heavy atom. The average molecular weight is 258 g/mol. The van der Waals surface area contributed by atoms with E-state index in [1.54, 1.807) is 0 Å². The van der Waals surface area contributed by atoms with Crippen molar-refractivity contribution in [2.75, 3.05) is 10.6 Å². The van der Waals surface area contributed by atoms with Crippen LogP contribution in [0.1, 0.15) is 39.0 Å². The summed E-state index contributed by atoms with van der Waals surface area (Å²) < 4.78 is 0. The fraction of sp³-hybridized carbons (Fsp3) is 0.562. The molecule has 1 aromatic carbocycles. The van der Waals surface area contributed by atoms with Gasteiger partial charge in [0.15, 0.2) is 0 Å². The van der Waals surface area contributed by atoms with Crippen molar-refractivity contribution in [3.05, 3.63) is 24.3 Å². The maximum Gasteiger partial charge on any atom is 0.227 e. The Bertz CT molecular complexity index is 446. The molecule has 3 nitrogen and oxygen atoms in total. The Balaban J connectivity index is 1.50. The summed E-state index contributed by atoms with van der Waals surface area (Å²) >= 11 is 0. The SMILES string of the molecule is CC(CC1CC1)Nc1ccc(NC(=O)C2CC2)cc1. The third-order valence-corrected chi connectivity index (χ3v) is 3.90. The van der Waals surface area contributed by atoms with Crippen molar-refractivity contribution in [2.24, 2.45) is 11.8 Å². The van der Waals surface area contributed by atoms with E-state index in [0.717, 1.165) is 30.1 Å². The van der Waals surface area contributed by atoms with Crippen LogP contribution in [0.3, 0.4) is 0 Å². The Kier molecular flexibility index (Phi) is 3.45. The van der Waals surface area contributed by atoms with Crippen molar-refractivity contribution in [1.82, 2.24) is 0 Å². The third-order valence-electron chi connectivity index (χ3n) is 3.90. The van der Waals surface area contributed by atoms with Crippen molar-refractivity contribution in [3.8, 4) is 0 Å². The lowest BCUT2D eigenvalue weighted by molar-refractivity contribution is -0.117. The molecule has 2 fully saturated rings. The molecular weight excluding hydrogens is 236 g/mol. The van der Waals surface area contributed by atoms with Gasteiger partial charge in [-0.1, -0.05) is 12.8 Å². The van der Waals surface area contributed by atoms with Crippen molar-refractivity contribution in [1.29, 1.82) is 0 Å². The molecule has 3 heteroatoms. The van der Waals surface area contributed by atoms with E-state index in [2.05, 4.69) is 17.6 Å². The highest BCUT2D eigenvalue weighted by Gasteiger charge is 2.29. The van der Waals surface area contributed by atoms with Crippen molar-refractivity contribution < 1.29 is 4.79 Å². The highest BCUT2D eigenvalue weighted by atomic mass is 16.2. The first-order valence-corrected chi connectivity index (χ1v) is 7.38. The molecule has 0 aromatic heterocycles. The standard InChI is InChI=1S/C16H22N2O/c1-11(10-12-2-3-12)17-14-6-8-15(9-7-14)18-16(19)13-4-5-13/h6-9,11-13,17H,2-5,10H2,1H3,(H,18,19). The fourth-order valence-electron chi connectivity index (χ4n) is 2.44. The van der Waals surface area contributed by atoms with Crippen LogP contribution in [0.2, 0.25) is 0 Å². The third kappa shape index (κ3) is 3.72. The predicted octanol–water partition coefficient (Wildman–Crippen LogP) is 3.64. The van der Waals surface area contributed by atoms with Gasteiger partial charge in [-0.15, -0.1) is 0 Å². The van der Waals surface area contributed by atoms with Gasteiger partial charge in [0.05, 0.1) is 0 Å². The summed E-state index contributed by atoms with van der Waals surface area (Å²) in [5, 5.41) is 6.48. The molecule has 1 amide bonds. The first kappa shape index (κ1) is 12.5. The number of hydrogen-bond donors (Lipinski definition) is 2. The van der Waals surface area contributed by atoms with E-state index in [1.165, 1.54) is 19.3 Å². The van der Waals surface area contributed by atoms with Gasteiger partial charge >= 0.3 is 0 Å². The second-order valence-electron chi connectivity index (χ2n) is 6.07. The molecule has 0 bridgehead atoms. The molecule has 1 aromatic rings. The van der Waals surface area contributed by atoms with Gasteiger partial charge in [-0.3, -0.25) is 4.79 Å². The zero-order chi connectivity index (χ0) is 13.2. The smallest absolute Gasteiger partial charge is 0.227 e. The Morgan fingerprint density at radius 3 is 2.37 bits per heavy atom. The maximum absolute atomic E-state index is 11.6.